The highest BCUT2D eigenvalue weighted by Crippen LogP contribution is 2.50. The van der Waals surface area contributed by atoms with Crippen LogP contribution in [0, 0.1) is 17.3 Å². The van der Waals surface area contributed by atoms with Crippen LogP contribution in [0.4, 0.5) is 0 Å². The third-order valence-corrected chi connectivity index (χ3v) is 6.25. The van der Waals surface area contributed by atoms with Crippen molar-refractivity contribution in [2.24, 2.45) is 17.3 Å². The summed E-state index contributed by atoms with van der Waals surface area (Å²) in [4.78, 5) is 0. The molecule has 0 amide bonds. The summed E-state index contributed by atoms with van der Waals surface area (Å²) in [6.45, 7) is 9.60. The molecule has 0 radical (unpaired) electrons. The fourth-order valence-electron chi connectivity index (χ4n) is 4.71. The average Bonchev–Trinajstić information content (AvgIpc) is 2.50. The van der Waals surface area contributed by atoms with E-state index in [-0.39, 0.29) is 0 Å². The third-order valence-electron chi connectivity index (χ3n) is 6.25. The van der Waals surface area contributed by atoms with Gasteiger partial charge in [0.25, 0.3) is 0 Å². The van der Waals surface area contributed by atoms with Crippen LogP contribution in [0.3, 0.4) is 0 Å². The molecule has 0 saturated heterocycles. The molecule has 23 heavy (non-hydrogen) atoms. The van der Waals surface area contributed by atoms with Crippen LogP contribution >= 0.6 is 0 Å². The Hall–Kier alpha value is 0. The summed E-state index contributed by atoms with van der Waals surface area (Å²) >= 11 is 0. The van der Waals surface area contributed by atoms with Crippen LogP contribution in [0.5, 0.6) is 0 Å². The van der Waals surface area contributed by atoms with E-state index in [2.05, 4.69) is 27.7 Å². The fraction of sp³-hybridized carbons (Fsp3) is 1.00. The summed E-state index contributed by atoms with van der Waals surface area (Å²) < 4.78 is 0. The maximum absolute atomic E-state index is 2.44. The smallest absolute Gasteiger partial charge is 0.0349 e. The molecule has 0 aromatic carbocycles. The molecule has 138 valence electrons. The molecular formula is C23H46. The maximum Gasteiger partial charge on any atom is -0.0349 e. The molecule has 1 saturated carbocycles. The zero-order valence-electron chi connectivity index (χ0n) is 17.0. The van der Waals surface area contributed by atoms with Gasteiger partial charge in [-0.25, -0.2) is 0 Å². The van der Waals surface area contributed by atoms with Gasteiger partial charge in [-0.2, -0.15) is 0 Å². The molecule has 0 N–H and O–H groups in total. The van der Waals surface area contributed by atoms with E-state index in [0.717, 1.165) is 11.8 Å². The molecular weight excluding hydrogens is 276 g/mol. The van der Waals surface area contributed by atoms with Gasteiger partial charge in [-0.15, -0.1) is 0 Å². The van der Waals surface area contributed by atoms with Crippen molar-refractivity contribution in [2.45, 2.75) is 130 Å². The normalized spacial score (nSPS) is 18.8. The Bertz CT molecular complexity index is 257. The van der Waals surface area contributed by atoms with Gasteiger partial charge in [0.2, 0.25) is 0 Å². The Kier molecular flexibility index (Phi) is 11.3. The second kappa shape index (κ2) is 12.4. The Labute approximate surface area is 148 Å². The monoisotopic (exact) mass is 322 g/mol. The first-order valence-corrected chi connectivity index (χ1v) is 11.1. The molecule has 0 heterocycles. The number of hydrogen-bond donors (Lipinski definition) is 0. The van der Waals surface area contributed by atoms with Crippen molar-refractivity contribution in [1.29, 1.82) is 0 Å². The summed E-state index contributed by atoms with van der Waals surface area (Å²) in [7, 11) is 0. The summed E-state index contributed by atoms with van der Waals surface area (Å²) in [5, 5.41) is 0. The highest BCUT2D eigenvalue weighted by atomic mass is 14.4. The third kappa shape index (κ3) is 9.78. The van der Waals surface area contributed by atoms with Gasteiger partial charge < -0.3 is 0 Å². The van der Waals surface area contributed by atoms with E-state index in [0.29, 0.717) is 5.41 Å². The zero-order chi connectivity index (χ0) is 17.0. The number of rotatable bonds is 15. The van der Waals surface area contributed by atoms with E-state index in [4.69, 9.17) is 0 Å². The first-order chi connectivity index (χ1) is 11.1. The topological polar surface area (TPSA) is 0 Å². The van der Waals surface area contributed by atoms with Crippen LogP contribution < -0.4 is 0 Å². The minimum atomic E-state index is 0.661. The van der Waals surface area contributed by atoms with Gasteiger partial charge in [0, 0.05) is 0 Å². The lowest BCUT2D eigenvalue weighted by Gasteiger charge is -2.46. The molecule has 0 aliphatic heterocycles. The standard InChI is InChI=1S/C23H46/c1-5-7-8-9-10-11-12-13-14-15-16-17-18-21(6-2)22-19-23(3,4)20-22/h21-22H,5-20H2,1-4H3. The van der Waals surface area contributed by atoms with Gasteiger partial charge in [-0.3, -0.25) is 0 Å². The second-order valence-electron chi connectivity index (χ2n) is 9.18. The zero-order valence-corrected chi connectivity index (χ0v) is 17.0. The molecule has 0 aromatic heterocycles. The lowest BCUT2D eigenvalue weighted by molar-refractivity contribution is 0.0428. The van der Waals surface area contributed by atoms with Gasteiger partial charge >= 0.3 is 0 Å². The Morgan fingerprint density at radius 1 is 0.696 bits per heavy atom. The molecule has 1 rings (SSSR count). The Morgan fingerprint density at radius 2 is 1.13 bits per heavy atom. The van der Waals surface area contributed by atoms with E-state index in [1.807, 2.05) is 0 Å². The van der Waals surface area contributed by atoms with Crippen LogP contribution in [-0.2, 0) is 0 Å². The van der Waals surface area contributed by atoms with Gasteiger partial charge in [0.1, 0.15) is 0 Å². The fourth-order valence-corrected chi connectivity index (χ4v) is 4.71. The first kappa shape index (κ1) is 21.0. The summed E-state index contributed by atoms with van der Waals surface area (Å²) in [5.74, 6) is 2.09. The molecule has 1 aliphatic rings. The molecule has 0 bridgehead atoms. The summed E-state index contributed by atoms with van der Waals surface area (Å²) in [6, 6.07) is 0. The van der Waals surface area contributed by atoms with Crippen LogP contribution in [0.2, 0.25) is 0 Å². The molecule has 1 unspecified atom stereocenters. The Balaban J connectivity index is 1.84. The molecule has 1 atom stereocenters. The molecule has 0 aromatic rings. The van der Waals surface area contributed by atoms with Gasteiger partial charge in [-0.05, 0) is 30.1 Å². The first-order valence-electron chi connectivity index (χ1n) is 11.1. The summed E-state index contributed by atoms with van der Waals surface area (Å²) in [5.41, 5.74) is 0.661. The number of unbranched alkanes of at least 4 members (excludes halogenated alkanes) is 11. The van der Waals surface area contributed by atoms with Crippen molar-refractivity contribution in [3.63, 3.8) is 0 Å². The largest absolute Gasteiger partial charge is 0.0654 e. The minimum absolute atomic E-state index is 0.661. The second-order valence-corrected chi connectivity index (χ2v) is 9.18. The van der Waals surface area contributed by atoms with E-state index >= 15 is 0 Å². The van der Waals surface area contributed by atoms with Crippen molar-refractivity contribution in [1.82, 2.24) is 0 Å². The van der Waals surface area contributed by atoms with Crippen molar-refractivity contribution >= 4 is 0 Å². The number of hydrogen-bond acceptors (Lipinski definition) is 0. The summed E-state index contributed by atoms with van der Waals surface area (Å²) in [6.07, 6.45) is 23.6. The highest BCUT2D eigenvalue weighted by Gasteiger charge is 2.39. The Morgan fingerprint density at radius 3 is 1.52 bits per heavy atom. The van der Waals surface area contributed by atoms with Gasteiger partial charge in [0.05, 0.1) is 0 Å². The lowest BCUT2D eigenvalue weighted by atomic mass is 9.59. The predicted molar refractivity (Wildman–Crippen MR) is 106 cm³/mol. The van der Waals surface area contributed by atoms with Crippen molar-refractivity contribution in [2.75, 3.05) is 0 Å². The van der Waals surface area contributed by atoms with Crippen LogP contribution in [0.1, 0.15) is 130 Å². The van der Waals surface area contributed by atoms with Gasteiger partial charge in [-0.1, -0.05) is 118 Å². The van der Waals surface area contributed by atoms with Crippen molar-refractivity contribution in [3.8, 4) is 0 Å². The van der Waals surface area contributed by atoms with Crippen molar-refractivity contribution < 1.29 is 0 Å². The molecule has 1 fully saturated rings. The minimum Gasteiger partial charge on any atom is -0.0654 e. The highest BCUT2D eigenvalue weighted by molar-refractivity contribution is 4.89. The van der Waals surface area contributed by atoms with Crippen molar-refractivity contribution in [3.05, 3.63) is 0 Å². The quantitative estimate of drug-likeness (QED) is 0.265. The van der Waals surface area contributed by atoms with Gasteiger partial charge in [0.15, 0.2) is 0 Å². The van der Waals surface area contributed by atoms with E-state index in [1.165, 1.54) is 103 Å². The molecule has 0 nitrogen and oxygen atoms in total. The molecule has 0 spiro atoms. The predicted octanol–water partition coefficient (Wildman–Crippen LogP) is 8.54. The van der Waals surface area contributed by atoms with Crippen LogP contribution in [0.15, 0.2) is 0 Å². The molecule has 0 heteroatoms. The van der Waals surface area contributed by atoms with Crippen LogP contribution in [0.25, 0.3) is 0 Å². The van der Waals surface area contributed by atoms with E-state index < -0.39 is 0 Å². The van der Waals surface area contributed by atoms with E-state index in [1.54, 1.807) is 0 Å². The lowest BCUT2D eigenvalue weighted by Crippen LogP contribution is -2.36. The van der Waals surface area contributed by atoms with Crippen LogP contribution in [-0.4, -0.2) is 0 Å². The maximum atomic E-state index is 2.44. The van der Waals surface area contributed by atoms with E-state index in [9.17, 15) is 0 Å². The SMILES string of the molecule is CCCCCCCCCCCCCCC(CC)C1CC(C)(C)C1. The molecule has 1 aliphatic carbocycles. The average molecular weight is 323 g/mol.